The second-order valence-electron chi connectivity index (χ2n) is 8.16. The number of nitrogens with one attached hydrogen (secondary N) is 1. The first kappa shape index (κ1) is 22.0. The zero-order chi connectivity index (χ0) is 23.6. The van der Waals surface area contributed by atoms with Gasteiger partial charge < -0.3 is 15.2 Å². The summed E-state index contributed by atoms with van der Waals surface area (Å²) in [6.07, 6.45) is -1.19. The first-order chi connectivity index (χ1) is 15.8. The summed E-state index contributed by atoms with van der Waals surface area (Å²) in [4.78, 5) is 34.6. The largest absolute Gasteiger partial charge is 0.481 e. The molecular formula is C25H22N2O6. The van der Waals surface area contributed by atoms with Crippen LogP contribution in [-0.2, 0) is 15.1 Å². The van der Waals surface area contributed by atoms with Crippen molar-refractivity contribution < 1.29 is 24.4 Å². The van der Waals surface area contributed by atoms with Gasteiger partial charge in [0.15, 0.2) is 0 Å². The molecule has 0 spiro atoms. The lowest BCUT2D eigenvalue weighted by molar-refractivity contribution is -0.384. The van der Waals surface area contributed by atoms with E-state index in [1.54, 1.807) is 6.92 Å². The van der Waals surface area contributed by atoms with Crippen LogP contribution in [-0.4, -0.2) is 28.7 Å². The van der Waals surface area contributed by atoms with E-state index in [4.69, 9.17) is 4.74 Å². The van der Waals surface area contributed by atoms with Crippen molar-refractivity contribution in [3.05, 3.63) is 99.6 Å². The highest BCUT2D eigenvalue weighted by molar-refractivity contribution is 5.79. The topological polar surface area (TPSA) is 119 Å². The Hall–Kier alpha value is -4.20. The van der Waals surface area contributed by atoms with Gasteiger partial charge in [-0.25, -0.2) is 4.79 Å². The second kappa shape index (κ2) is 8.74. The van der Waals surface area contributed by atoms with Crippen LogP contribution in [0.3, 0.4) is 0 Å². The Bertz CT molecular complexity index is 1180. The molecule has 0 aromatic heterocycles. The number of fused-ring (bicyclic) bond motifs is 3. The Morgan fingerprint density at radius 2 is 1.55 bits per heavy atom. The third-order valence-corrected chi connectivity index (χ3v) is 5.94. The van der Waals surface area contributed by atoms with E-state index >= 15 is 0 Å². The van der Waals surface area contributed by atoms with Crippen LogP contribution in [0.15, 0.2) is 72.8 Å². The number of nitrogens with zero attached hydrogens (tertiary/aromatic N) is 1. The number of nitro groups is 1. The molecule has 0 saturated heterocycles. The SMILES string of the molecule is CC(CC(=O)O)(NC(=O)OCC1c2ccccc2-c2ccccc21)c1ccc([N+](=O)[O-])cc1. The number of aliphatic carboxylic acids is 1. The minimum absolute atomic E-state index is 0.0866. The zero-order valence-electron chi connectivity index (χ0n) is 17.9. The summed E-state index contributed by atoms with van der Waals surface area (Å²) in [5.41, 5.74) is 3.31. The smallest absolute Gasteiger partial charge is 0.407 e. The molecule has 33 heavy (non-hydrogen) atoms. The van der Waals surface area contributed by atoms with E-state index in [1.165, 1.54) is 24.3 Å². The van der Waals surface area contributed by atoms with Crippen molar-refractivity contribution in [1.29, 1.82) is 0 Å². The van der Waals surface area contributed by atoms with Crippen molar-refractivity contribution in [1.82, 2.24) is 5.32 Å². The maximum atomic E-state index is 12.7. The summed E-state index contributed by atoms with van der Waals surface area (Å²) in [5.74, 6) is -1.26. The predicted molar refractivity (Wildman–Crippen MR) is 121 cm³/mol. The molecule has 1 unspecified atom stereocenters. The number of nitro benzene ring substituents is 1. The van der Waals surface area contributed by atoms with E-state index in [0.29, 0.717) is 5.56 Å². The molecule has 3 aromatic rings. The molecule has 1 aliphatic carbocycles. The molecule has 2 N–H and O–H groups in total. The molecule has 1 aliphatic rings. The van der Waals surface area contributed by atoms with Crippen molar-refractivity contribution >= 4 is 17.7 Å². The van der Waals surface area contributed by atoms with Gasteiger partial charge in [-0.05, 0) is 46.9 Å². The number of rotatable bonds is 7. The monoisotopic (exact) mass is 446 g/mol. The molecule has 4 rings (SSSR count). The molecule has 0 aliphatic heterocycles. The Balaban J connectivity index is 1.52. The molecular weight excluding hydrogens is 424 g/mol. The Morgan fingerprint density at radius 1 is 1.00 bits per heavy atom. The average Bonchev–Trinajstić information content (AvgIpc) is 3.11. The third-order valence-electron chi connectivity index (χ3n) is 5.94. The van der Waals surface area contributed by atoms with Gasteiger partial charge in [-0.15, -0.1) is 0 Å². The molecule has 0 bridgehead atoms. The molecule has 8 nitrogen and oxygen atoms in total. The van der Waals surface area contributed by atoms with Crippen molar-refractivity contribution in [2.45, 2.75) is 24.8 Å². The van der Waals surface area contributed by atoms with Crippen LogP contribution in [0.4, 0.5) is 10.5 Å². The maximum absolute atomic E-state index is 12.7. The van der Waals surface area contributed by atoms with E-state index in [1.807, 2.05) is 48.5 Å². The van der Waals surface area contributed by atoms with E-state index in [0.717, 1.165) is 22.3 Å². The van der Waals surface area contributed by atoms with E-state index in [9.17, 15) is 24.8 Å². The number of carbonyl (C=O) groups is 2. The Labute approximate surface area is 190 Å². The van der Waals surface area contributed by atoms with Gasteiger partial charge in [-0.1, -0.05) is 48.5 Å². The van der Waals surface area contributed by atoms with E-state index in [2.05, 4.69) is 5.32 Å². The van der Waals surface area contributed by atoms with Crippen LogP contribution in [0, 0.1) is 10.1 Å². The summed E-state index contributed by atoms with van der Waals surface area (Å²) >= 11 is 0. The lowest BCUT2D eigenvalue weighted by Gasteiger charge is -2.29. The minimum Gasteiger partial charge on any atom is -0.481 e. The predicted octanol–water partition coefficient (Wildman–Crippen LogP) is 4.82. The lowest BCUT2D eigenvalue weighted by Crippen LogP contribution is -2.45. The minimum atomic E-state index is -1.32. The molecule has 8 heteroatoms. The molecule has 0 radical (unpaired) electrons. The van der Waals surface area contributed by atoms with Crippen molar-refractivity contribution in [3.8, 4) is 11.1 Å². The number of hydrogen-bond acceptors (Lipinski definition) is 5. The molecule has 3 aromatic carbocycles. The number of carboxylic acid groups (broad SMARTS) is 1. The number of benzene rings is 3. The van der Waals surface area contributed by atoms with Crippen LogP contribution < -0.4 is 5.32 Å². The fourth-order valence-corrected chi connectivity index (χ4v) is 4.33. The molecule has 1 amide bonds. The number of alkyl carbamates (subject to hydrolysis) is 1. The van der Waals surface area contributed by atoms with Crippen molar-refractivity contribution in [3.63, 3.8) is 0 Å². The first-order valence-corrected chi connectivity index (χ1v) is 10.4. The van der Waals surface area contributed by atoms with Gasteiger partial charge in [0.05, 0.1) is 16.9 Å². The van der Waals surface area contributed by atoms with Gasteiger partial charge in [-0.3, -0.25) is 14.9 Å². The molecule has 0 fully saturated rings. The van der Waals surface area contributed by atoms with Crippen LogP contribution in [0.1, 0.15) is 36.0 Å². The fraction of sp³-hybridized carbons (Fsp3) is 0.200. The standard InChI is InChI=1S/C25H22N2O6/c1-25(14-23(28)29,16-10-12-17(13-11-16)27(31)32)26-24(30)33-15-22-20-8-4-2-6-18(20)19-7-3-5-9-21(19)22/h2-13,22H,14-15H2,1H3,(H,26,30)(H,28,29). The highest BCUT2D eigenvalue weighted by Crippen LogP contribution is 2.44. The maximum Gasteiger partial charge on any atom is 0.407 e. The molecule has 0 saturated carbocycles. The van der Waals surface area contributed by atoms with Gasteiger partial charge >= 0.3 is 12.1 Å². The fourth-order valence-electron chi connectivity index (χ4n) is 4.33. The van der Waals surface area contributed by atoms with Crippen LogP contribution in [0.5, 0.6) is 0 Å². The van der Waals surface area contributed by atoms with Gasteiger partial charge in [0.1, 0.15) is 6.61 Å². The third kappa shape index (κ3) is 4.41. The second-order valence-corrected chi connectivity index (χ2v) is 8.16. The Kier molecular flexibility index (Phi) is 5.83. The number of ether oxygens (including phenoxy) is 1. The highest BCUT2D eigenvalue weighted by Gasteiger charge is 2.34. The highest BCUT2D eigenvalue weighted by atomic mass is 16.6. The van der Waals surface area contributed by atoms with Gasteiger partial charge in [-0.2, -0.15) is 0 Å². The van der Waals surface area contributed by atoms with Gasteiger partial charge in [0.2, 0.25) is 0 Å². The van der Waals surface area contributed by atoms with Crippen molar-refractivity contribution in [2.24, 2.45) is 0 Å². The van der Waals surface area contributed by atoms with Crippen LogP contribution in [0.2, 0.25) is 0 Å². The normalized spacial score (nSPS) is 14.0. The molecule has 1 atom stereocenters. The van der Waals surface area contributed by atoms with Gasteiger partial charge in [0.25, 0.3) is 5.69 Å². The first-order valence-electron chi connectivity index (χ1n) is 10.4. The number of non-ortho nitro benzene ring substituents is 1. The number of carboxylic acids is 1. The van der Waals surface area contributed by atoms with E-state index < -0.39 is 28.9 Å². The number of hydrogen-bond donors (Lipinski definition) is 2. The summed E-state index contributed by atoms with van der Waals surface area (Å²) < 4.78 is 5.55. The summed E-state index contributed by atoms with van der Waals surface area (Å²) in [6.45, 7) is 1.63. The van der Waals surface area contributed by atoms with E-state index in [-0.39, 0.29) is 18.2 Å². The zero-order valence-corrected chi connectivity index (χ0v) is 17.9. The summed E-state index contributed by atoms with van der Waals surface area (Å²) in [5, 5.41) is 23.0. The quantitative estimate of drug-likeness (QED) is 0.397. The average molecular weight is 446 g/mol. The van der Waals surface area contributed by atoms with Crippen molar-refractivity contribution in [2.75, 3.05) is 6.61 Å². The summed E-state index contributed by atoms with van der Waals surface area (Å²) in [7, 11) is 0. The van der Waals surface area contributed by atoms with Crippen LogP contribution in [0.25, 0.3) is 11.1 Å². The number of amides is 1. The lowest BCUT2D eigenvalue weighted by atomic mass is 9.88. The van der Waals surface area contributed by atoms with Gasteiger partial charge in [0, 0.05) is 18.1 Å². The Morgan fingerprint density at radius 3 is 2.06 bits per heavy atom. The summed E-state index contributed by atoms with van der Waals surface area (Å²) in [6, 6.07) is 21.3. The number of carbonyl (C=O) groups excluding carboxylic acids is 1. The molecule has 0 heterocycles. The van der Waals surface area contributed by atoms with Crippen LogP contribution >= 0.6 is 0 Å². The molecule has 168 valence electrons.